The Hall–Kier alpha value is -3.25. The van der Waals surface area contributed by atoms with Crippen LogP contribution < -0.4 is 17.0 Å². The van der Waals surface area contributed by atoms with Gasteiger partial charge in [0, 0.05) is 17.8 Å². The molecule has 0 unspecified atom stereocenters. The summed E-state index contributed by atoms with van der Waals surface area (Å²) in [6.45, 7) is 2.90. The summed E-state index contributed by atoms with van der Waals surface area (Å²) < 4.78 is 33.1. The van der Waals surface area contributed by atoms with Crippen LogP contribution in [-0.4, -0.2) is 28.6 Å². The molecular weight excluding hydrogens is 378 g/mol. The van der Waals surface area contributed by atoms with Crippen LogP contribution in [0.25, 0.3) is 0 Å². The fourth-order valence-corrected chi connectivity index (χ4v) is 3.05. The van der Waals surface area contributed by atoms with Crippen molar-refractivity contribution in [3.05, 3.63) is 39.7 Å². The highest BCUT2D eigenvalue weighted by atomic mass is 32.2. The van der Waals surface area contributed by atoms with Crippen molar-refractivity contribution in [2.75, 3.05) is 5.73 Å². The monoisotopic (exact) mass is 395 g/mol. The molecule has 12 heteroatoms. The van der Waals surface area contributed by atoms with E-state index >= 15 is 0 Å². The topological polar surface area (TPSA) is 190 Å². The van der Waals surface area contributed by atoms with E-state index in [4.69, 9.17) is 11.5 Å². The molecule has 6 N–H and O–H groups in total. The quantitative estimate of drug-likeness (QED) is 0.332. The SMILES string of the molecule is CCn1c(O)c(N=Nc2cc(N)ccc2S(=O)(=O)O)c(C)c(C(N)=O)c1=O. The molecule has 1 amide bonds. The summed E-state index contributed by atoms with van der Waals surface area (Å²) in [7, 11) is -4.62. The number of nitrogens with two attached hydrogens (primary N) is 2. The highest BCUT2D eigenvalue weighted by molar-refractivity contribution is 7.86. The van der Waals surface area contributed by atoms with Crippen molar-refractivity contribution in [3.8, 4) is 5.88 Å². The molecule has 2 aromatic rings. The van der Waals surface area contributed by atoms with E-state index in [2.05, 4.69) is 10.2 Å². The van der Waals surface area contributed by atoms with Gasteiger partial charge in [0.2, 0.25) is 5.88 Å². The van der Waals surface area contributed by atoms with Crippen LogP contribution in [0.4, 0.5) is 17.1 Å². The summed E-state index contributed by atoms with van der Waals surface area (Å²) in [5.41, 5.74) is 9.21. The number of aromatic nitrogens is 1. The van der Waals surface area contributed by atoms with Crippen molar-refractivity contribution < 1.29 is 22.9 Å². The van der Waals surface area contributed by atoms with Gasteiger partial charge in [0.25, 0.3) is 21.6 Å². The zero-order valence-corrected chi connectivity index (χ0v) is 15.2. The lowest BCUT2D eigenvalue weighted by molar-refractivity contribution is 0.0997. The minimum Gasteiger partial charge on any atom is -0.493 e. The van der Waals surface area contributed by atoms with E-state index in [1.165, 1.54) is 13.0 Å². The number of hydrogen-bond donors (Lipinski definition) is 4. The minimum atomic E-state index is -4.62. The molecule has 0 aliphatic heterocycles. The Kier molecular flexibility index (Phi) is 5.33. The Bertz CT molecular complexity index is 1120. The highest BCUT2D eigenvalue weighted by Gasteiger charge is 2.22. The van der Waals surface area contributed by atoms with Crippen LogP contribution >= 0.6 is 0 Å². The van der Waals surface area contributed by atoms with Gasteiger partial charge < -0.3 is 16.6 Å². The second-order valence-corrected chi connectivity index (χ2v) is 6.88. The maximum absolute atomic E-state index is 12.2. The summed E-state index contributed by atoms with van der Waals surface area (Å²) in [6, 6.07) is 3.42. The van der Waals surface area contributed by atoms with Crippen LogP contribution in [0.15, 0.2) is 38.1 Å². The van der Waals surface area contributed by atoms with Gasteiger partial charge in [0.15, 0.2) is 0 Å². The summed E-state index contributed by atoms with van der Waals surface area (Å²) >= 11 is 0. The van der Waals surface area contributed by atoms with Gasteiger partial charge >= 0.3 is 0 Å². The Morgan fingerprint density at radius 2 is 1.93 bits per heavy atom. The number of anilines is 1. The lowest BCUT2D eigenvalue weighted by Crippen LogP contribution is -2.30. The van der Waals surface area contributed by atoms with Gasteiger partial charge in [0.1, 0.15) is 21.8 Å². The first-order valence-corrected chi connectivity index (χ1v) is 8.98. The van der Waals surface area contributed by atoms with Gasteiger partial charge in [-0.3, -0.25) is 18.7 Å². The standard InChI is InChI=1S/C15H17N5O6S/c1-3-20-14(22)11(13(17)21)7(2)12(15(20)23)19-18-9-6-8(16)4-5-10(9)27(24,25)26/h4-6,23H,3,16H2,1-2H3,(H2,17,21)(H,24,25,26). The number of amides is 1. The fourth-order valence-electron chi connectivity index (χ4n) is 2.44. The largest absolute Gasteiger partial charge is 0.493 e. The van der Waals surface area contributed by atoms with Crippen molar-refractivity contribution in [2.45, 2.75) is 25.3 Å². The fraction of sp³-hybridized carbons (Fsp3) is 0.200. The first-order valence-electron chi connectivity index (χ1n) is 7.54. The average Bonchev–Trinajstić information content (AvgIpc) is 2.53. The highest BCUT2D eigenvalue weighted by Crippen LogP contribution is 2.34. The third-order valence-electron chi connectivity index (χ3n) is 3.74. The molecule has 0 fully saturated rings. The van der Waals surface area contributed by atoms with E-state index < -0.39 is 32.4 Å². The number of azo groups is 1. The molecule has 2 rings (SSSR count). The third-order valence-corrected chi connectivity index (χ3v) is 4.64. The number of carbonyl (C=O) groups is 1. The van der Waals surface area contributed by atoms with Gasteiger partial charge in [-0.1, -0.05) is 0 Å². The van der Waals surface area contributed by atoms with Crippen molar-refractivity contribution in [1.29, 1.82) is 0 Å². The number of pyridine rings is 1. The molecule has 0 radical (unpaired) electrons. The summed E-state index contributed by atoms with van der Waals surface area (Å²) in [6.07, 6.45) is 0. The van der Waals surface area contributed by atoms with Crippen LogP contribution in [0.3, 0.4) is 0 Å². The molecule has 0 saturated heterocycles. The Morgan fingerprint density at radius 1 is 1.30 bits per heavy atom. The first kappa shape index (κ1) is 20.1. The Labute approximate surface area is 153 Å². The number of rotatable bonds is 5. The Morgan fingerprint density at radius 3 is 2.44 bits per heavy atom. The predicted molar refractivity (Wildman–Crippen MR) is 96.1 cm³/mol. The molecule has 11 nitrogen and oxygen atoms in total. The lowest BCUT2D eigenvalue weighted by Gasteiger charge is -2.12. The zero-order chi connectivity index (χ0) is 20.5. The molecule has 0 spiro atoms. The second kappa shape index (κ2) is 7.17. The number of carbonyl (C=O) groups excluding carboxylic acids is 1. The summed E-state index contributed by atoms with van der Waals surface area (Å²) in [5, 5.41) is 17.8. The second-order valence-electron chi connectivity index (χ2n) is 5.49. The van der Waals surface area contributed by atoms with Crippen LogP contribution in [0, 0.1) is 6.92 Å². The van der Waals surface area contributed by atoms with Crippen LogP contribution in [0.5, 0.6) is 5.88 Å². The molecule has 0 atom stereocenters. The van der Waals surface area contributed by atoms with E-state index in [9.17, 15) is 27.7 Å². The predicted octanol–water partition coefficient (Wildman–Crippen LogP) is 1.23. The van der Waals surface area contributed by atoms with Gasteiger partial charge in [-0.25, -0.2) is 0 Å². The number of benzene rings is 1. The number of primary amides is 1. The van der Waals surface area contributed by atoms with E-state index in [0.717, 1.165) is 16.7 Å². The van der Waals surface area contributed by atoms with Crippen molar-refractivity contribution in [1.82, 2.24) is 4.57 Å². The molecule has 1 heterocycles. The lowest BCUT2D eigenvalue weighted by atomic mass is 10.1. The van der Waals surface area contributed by atoms with Gasteiger partial charge in [-0.2, -0.15) is 8.42 Å². The molecular formula is C15H17N5O6S. The normalized spacial score (nSPS) is 11.8. The van der Waals surface area contributed by atoms with E-state index in [1.54, 1.807) is 6.92 Å². The maximum atomic E-state index is 12.2. The number of aromatic hydroxyl groups is 1. The smallest absolute Gasteiger partial charge is 0.296 e. The average molecular weight is 395 g/mol. The van der Waals surface area contributed by atoms with Crippen molar-refractivity contribution in [3.63, 3.8) is 0 Å². The summed E-state index contributed by atoms with van der Waals surface area (Å²) in [4.78, 5) is 23.3. The molecule has 0 saturated carbocycles. The number of hydrogen-bond acceptors (Lipinski definition) is 8. The van der Waals surface area contributed by atoms with Crippen molar-refractivity contribution >= 4 is 33.1 Å². The van der Waals surface area contributed by atoms with Crippen molar-refractivity contribution in [2.24, 2.45) is 16.0 Å². The molecule has 1 aromatic carbocycles. The third kappa shape index (κ3) is 3.80. The molecule has 0 bridgehead atoms. The van der Waals surface area contributed by atoms with Crippen LogP contribution in [0.2, 0.25) is 0 Å². The van der Waals surface area contributed by atoms with E-state index in [1.807, 2.05) is 0 Å². The molecule has 0 aliphatic rings. The molecule has 0 aliphatic carbocycles. The molecule has 144 valence electrons. The van der Waals surface area contributed by atoms with E-state index in [0.29, 0.717) is 0 Å². The van der Waals surface area contributed by atoms with Gasteiger partial charge in [-0.15, -0.1) is 10.2 Å². The van der Waals surface area contributed by atoms with E-state index in [-0.39, 0.29) is 34.7 Å². The number of nitrogen functional groups attached to an aromatic ring is 1. The number of nitrogens with zero attached hydrogens (tertiary/aromatic N) is 3. The molecule has 27 heavy (non-hydrogen) atoms. The summed E-state index contributed by atoms with van der Waals surface area (Å²) in [5.74, 6) is -1.59. The van der Waals surface area contributed by atoms with Crippen LogP contribution in [0.1, 0.15) is 22.8 Å². The minimum absolute atomic E-state index is 0.0162. The van der Waals surface area contributed by atoms with Crippen LogP contribution in [-0.2, 0) is 16.7 Å². The van der Waals surface area contributed by atoms with Gasteiger partial charge in [0.05, 0.1) is 0 Å². The van der Waals surface area contributed by atoms with Gasteiger partial charge in [-0.05, 0) is 32.0 Å². The Balaban J connectivity index is 2.76. The maximum Gasteiger partial charge on any atom is 0.296 e. The molecule has 1 aromatic heterocycles. The first-order chi connectivity index (χ1) is 12.5. The zero-order valence-electron chi connectivity index (χ0n) is 14.4.